The molecule has 0 spiro atoms. The molecule has 1 unspecified atom stereocenters. The molecule has 3 aliphatic heterocycles. The van der Waals surface area contributed by atoms with Gasteiger partial charge in [0.1, 0.15) is 42.8 Å². The average Bonchev–Trinajstić information content (AvgIpc) is 2.79. The third-order valence-electron chi connectivity index (χ3n) is 6.48. The molecular weight excluding hydrogens is 450 g/mol. The number of nitrogens with one attached hydrogen (secondary N) is 1. The van der Waals surface area contributed by atoms with Crippen LogP contribution in [-0.2, 0) is 41.6 Å². The van der Waals surface area contributed by atoms with E-state index in [9.17, 15) is 30.0 Å². The fourth-order valence-electron chi connectivity index (χ4n) is 4.77. The molecule has 0 saturated carbocycles. The van der Waals surface area contributed by atoms with Crippen LogP contribution in [0.5, 0.6) is 5.75 Å². The van der Waals surface area contributed by atoms with Gasteiger partial charge in [-0.1, -0.05) is 12.1 Å². The van der Waals surface area contributed by atoms with Crippen LogP contribution in [0.4, 0.5) is 0 Å². The van der Waals surface area contributed by atoms with Crippen molar-refractivity contribution in [2.24, 2.45) is 0 Å². The summed E-state index contributed by atoms with van der Waals surface area (Å²) in [4.78, 5) is 24.4. The number of carbonyl (C=O) groups is 2. The molecule has 3 aliphatic rings. The number of Topliss-reactive ketones (excluding diaryl/α,β-unsaturated/α-hetero) is 1. The van der Waals surface area contributed by atoms with E-state index in [0.717, 1.165) is 5.56 Å². The summed E-state index contributed by atoms with van der Waals surface area (Å²) in [7, 11) is 0. The molecule has 2 bridgehead atoms. The largest absolute Gasteiger partial charge is 0.508 e. The molecule has 1 amide bonds. The number of phenols is 1. The van der Waals surface area contributed by atoms with Crippen LogP contribution in [0.3, 0.4) is 0 Å². The number of amides is 1. The molecule has 11 nitrogen and oxygen atoms in total. The second kappa shape index (κ2) is 10.6. The number of phenolic OH excluding ortho intramolecular Hbond substituents is 1. The Balaban J connectivity index is 1.55. The van der Waals surface area contributed by atoms with Crippen LogP contribution < -0.4 is 5.32 Å². The molecule has 2 saturated heterocycles. The van der Waals surface area contributed by atoms with E-state index >= 15 is 0 Å². The van der Waals surface area contributed by atoms with E-state index in [0.29, 0.717) is 18.4 Å². The number of aromatic hydroxyl groups is 1. The number of benzene rings is 1. The van der Waals surface area contributed by atoms with Crippen molar-refractivity contribution in [1.29, 1.82) is 0 Å². The van der Waals surface area contributed by atoms with E-state index in [1.54, 1.807) is 12.1 Å². The third kappa shape index (κ3) is 5.41. The van der Waals surface area contributed by atoms with Gasteiger partial charge in [0.2, 0.25) is 5.91 Å². The zero-order valence-electron chi connectivity index (χ0n) is 18.8. The number of carbonyl (C=O) groups excluding carboxylic acids is 2. The van der Waals surface area contributed by atoms with Crippen molar-refractivity contribution >= 4 is 11.7 Å². The molecule has 34 heavy (non-hydrogen) atoms. The number of hydrogen-bond acceptors (Lipinski definition) is 10. The first-order valence-electron chi connectivity index (χ1n) is 11.4. The van der Waals surface area contributed by atoms with Gasteiger partial charge in [-0.25, -0.2) is 0 Å². The maximum absolute atomic E-state index is 12.7. The lowest BCUT2D eigenvalue weighted by Gasteiger charge is -2.44. The van der Waals surface area contributed by atoms with Crippen LogP contribution in [0, 0.1) is 0 Å². The third-order valence-corrected chi connectivity index (χ3v) is 6.48. The summed E-state index contributed by atoms with van der Waals surface area (Å²) in [6.45, 7) is 0.632. The number of ether oxygens (including phenoxy) is 4. The molecular formula is C23H31NO10. The Bertz CT molecular complexity index is 895. The molecule has 0 aliphatic carbocycles. The minimum atomic E-state index is -1.43. The first-order valence-corrected chi connectivity index (χ1v) is 11.4. The number of hydrogen-bond donors (Lipinski definition) is 5. The van der Waals surface area contributed by atoms with E-state index in [1.165, 1.54) is 6.92 Å². The lowest BCUT2D eigenvalue weighted by molar-refractivity contribution is -0.290. The van der Waals surface area contributed by atoms with Crippen LogP contribution >= 0.6 is 0 Å². The molecule has 11 heteroatoms. The van der Waals surface area contributed by atoms with Gasteiger partial charge in [-0.2, -0.15) is 0 Å². The van der Waals surface area contributed by atoms with Gasteiger partial charge in [-0.15, -0.1) is 0 Å². The highest BCUT2D eigenvalue weighted by molar-refractivity contribution is 5.84. The zero-order chi connectivity index (χ0) is 24.4. The van der Waals surface area contributed by atoms with Crippen molar-refractivity contribution in [2.75, 3.05) is 13.2 Å². The molecule has 1 aromatic carbocycles. The molecule has 0 radical (unpaired) electrons. The van der Waals surface area contributed by atoms with Gasteiger partial charge in [0.05, 0.1) is 25.4 Å². The SMILES string of the molecule is CC(=O)N[C@@H]1C(O[C@@H]2C[C@@H]3Cc4cccc(O)c4COCC(=O)[C@@H](C2)O3)O[C@@H](CO)[C@H](O)[C@H]1O. The summed E-state index contributed by atoms with van der Waals surface area (Å²) in [6, 6.07) is 4.08. The van der Waals surface area contributed by atoms with Crippen LogP contribution in [0.15, 0.2) is 18.2 Å². The standard InChI is InChI=1S/C23H31NO10/c1-11(26)24-20-22(30)21(29)19(8-25)34-23(20)33-14-6-13-5-12-3-2-4-16(27)15(12)9-31-10-17(28)18(7-14)32-13/h2-4,13-14,18-23,25,27,29-30H,5-10H2,1H3,(H,24,26)/t13-,14+,18+,19-,20-,21-,22-,23?/m0/s1. The smallest absolute Gasteiger partial charge is 0.217 e. The average molecular weight is 481 g/mol. The molecule has 5 N–H and O–H groups in total. The molecule has 2 fully saturated rings. The lowest BCUT2D eigenvalue weighted by atomic mass is 9.92. The van der Waals surface area contributed by atoms with E-state index < -0.39 is 61.5 Å². The van der Waals surface area contributed by atoms with Crippen molar-refractivity contribution in [2.45, 2.75) is 81.7 Å². The Kier molecular flexibility index (Phi) is 7.83. The maximum Gasteiger partial charge on any atom is 0.217 e. The molecule has 4 rings (SSSR count). The number of rotatable bonds is 4. The van der Waals surface area contributed by atoms with Crippen molar-refractivity contribution in [1.82, 2.24) is 5.32 Å². The summed E-state index contributed by atoms with van der Waals surface area (Å²) in [5, 5.41) is 43.1. The fourth-order valence-corrected chi connectivity index (χ4v) is 4.77. The summed E-state index contributed by atoms with van der Waals surface area (Å²) >= 11 is 0. The number of ketones is 1. The van der Waals surface area contributed by atoms with Gasteiger partial charge in [0, 0.05) is 25.3 Å². The van der Waals surface area contributed by atoms with Crippen LogP contribution in [0.25, 0.3) is 0 Å². The number of fused-ring (bicyclic) bond motifs is 3. The summed E-state index contributed by atoms with van der Waals surface area (Å²) in [6.07, 6.45) is -5.84. The topological polar surface area (TPSA) is 164 Å². The molecule has 8 atom stereocenters. The minimum absolute atomic E-state index is 0.0852. The number of aliphatic hydroxyl groups is 3. The van der Waals surface area contributed by atoms with Crippen molar-refractivity contribution in [3.05, 3.63) is 29.3 Å². The van der Waals surface area contributed by atoms with Crippen LogP contribution in [-0.4, -0.2) is 94.3 Å². The fraction of sp³-hybridized carbons (Fsp3) is 0.652. The number of aliphatic hydroxyl groups excluding tert-OH is 3. The van der Waals surface area contributed by atoms with Crippen molar-refractivity contribution < 1.29 is 49.0 Å². The predicted octanol–water partition coefficient (Wildman–Crippen LogP) is -1.09. The highest BCUT2D eigenvalue weighted by atomic mass is 16.7. The highest BCUT2D eigenvalue weighted by Crippen LogP contribution is 2.32. The van der Waals surface area contributed by atoms with Crippen LogP contribution in [0.1, 0.15) is 30.9 Å². The summed E-state index contributed by atoms with van der Waals surface area (Å²) in [5.41, 5.74) is 1.44. The van der Waals surface area contributed by atoms with Gasteiger partial charge < -0.3 is 44.7 Å². The van der Waals surface area contributed by atoms with E-state index in [2.05, 4.69) is 5.32 Å². The zero-order valence-corrected chi connectivity index (χ0v) is 18.8. The van der Waals surface area contributed by atoms with E-state index in [4.69, 9.17) is 18.9 Å². The molecule has 3 heterocycles. The molecule has 188 valence electrons. The van der Waals surface area contributed by atoms with Crippen molar-refractivity contribution in [3.8, 4) is 5.75 Å². The normalized spacial score (nSPS) is 36.4. The summed E-state index contributed by atoms with van der Waals surface area (Å²) < 4.78 is 23.4. The maximum atomic E-state index is 12.7. The quantitative estimate of drug-likeness (QED) is 0.357. The van der Waals surface area contributed by atoms with E-state index in [-0.39, 0.29) is 31.2 Å². The Morgan fingerprint density at radius 3 is 2.71 bits per heavy atom. The summed E-state index contributed by atoms with van der Waals surface area (Å²) in [5.74, 6) is -0.629. The first-order chi connectivity index (χ1) is 16.3. The Hall–Kier alpha value is -2.12. The van der Waals surface area contributed by atoms with Gasteiger partial charge in [-0.05, 0) is 18.1 Å². The first kappa shape index (κ1) is 25.0. The second-order valence-electron chi connectivity index (χ2n) is 8.99. The van der Waals surface area contributed by atoms with Gasteiger partial charge in [0.15, 0.2) is 12.1 Å². The van der Waals surface area contributed by atoms with Crippen molar-refractivity contribution in [3.63, 3.8) is 0 Å². The minimum Gasteiger partial charge on any atom is -0.508 e. The Morgan fingerprint density at radius 1 is 1.18 bits per heavy atom. The second-order valence-corrected chi connectivity index (χ2v) is 8.99. The van der Waals surface area contributed by atoms with Gasteiger partial charge >= 0.3 is 0 Å². The predicted molar refractivity (Wildman–Crippen MR) is 115 cm³/mol. The Morgan fingerprint density at radius 2 is 1.97 bits per heavy atom. The molecule has 1 aromatic rings. The Labute approximate surface area is 196 Å². The molecule has 0 aromatic heterocycles. The monoisotopic (exact) mass is 481 g/mol. The van der Waals surface area contributed by atoms with Gasteiger partial charge in [0.25, 0.3) is 0 Å². The lowest BCUT2D eigenvalue weighted by Crippen LogP contribution is -2.65. The van der Waals surface area contributed by atoms with E-state index in [1.807, 2.05) is 6.07 Å². The van der Waals surface area contributed by atoms with Crippen LogP contribution in [0.2, 0.25) is 0 Å². The van der Waals surface area contributed by atoms with Gasteiger partial charge in [-0.3, -0.25) is 9.59 Å². The highest BCUT2D eigenvalue weighted by Gasteiger charge is 2.47.